The molecule has 0 saturated heterocycles. The average molecular weight is 365 g/mol. The minimum Gasteiger partial charge on any atom is -0.493 e. The van der Waals surface area contributed by atoms with Gasteiger partial charge in [-0.1, -0.05) is 28.1 Å². The van der Waals surface area contributed by atoms with Gasteiger partial charge in [0.25, 0.3) is 0 Å². The zero-order valence-electron chi connectivity index (χ0n) is 11.6. The van der Waals surface area contributed by atoms with Gasteiger partial charge in [0.15, 0.2) is 0 Å². The van der Waals surface area contributed by atoms with Crippen LogP contribution < -0.4 is 14.9 Å². The third-order valence-electron chi connectivity index (χ3n) is 2.82. The summed E-state index contributed by atoms with van der Waals surface area (Å²) in [7, 11) is -1.54. The normalized spacial score (nSPS) is 10.1. The molecule has 114 valence electrons. The van der Waals surface area contributed by atoms with Gasteiger partial charge < -0.3 is 19.5 Å². The monoisotopic (exact) mass is 364 g/mol. The van der Waals surface area contributed by atoms with Gasteiger partial charge in [0.2, 0.25) is 0 Å². The molecule has 0 spiro atoms. The van der Waals surface area contributed by atoms with Gasteiger partial charge in [0.1, 0.15) is 11.5 Å². The van der Waals surface area contributed by atoms with Gasteiger partial charge in [-0.3, -0.25) is 0 Å². The maximum Gasteiger partial charge on any atom is 0.488 e. The molecule has 0 heterocycles. The minimum absolute atomic E-state index is 0.327. The lowest BCUT2D eigenvalue weighted by Crippen LogP contribution is -2.29. The lowest BCUT2D eigenvalue weighted by molar-refractivity contribution is 0.0735. The highest BCUT2D eigenvalue weighted by Gasteiger charge is 2.12. The van der Waals surface area contributed by atoms with Crippen LogP contribution >= 0.6 is 15.9 Å². The van der Waals surface area contributed by atoms with E-state index >= 15 is 0 Å². The van der Waals surface area contributed by atoms with Crippen LogP contribution in [0, 0.1) is 0 Å². The number of hydrogen-bond donors (Lipinski definition) is 2. The molecule has 0 aromatic heterocycles. The summed E-state index contributed by atoms with van der Waals surface area (Å²) in [5.74, 6) is 0.510. The first-order valence-corrected chi connectivity index (χ1v) is 7.69. The van der Waals surface area contributed by atoms with Crippen molar-refractivity contribution in [2.45, 2.75) is 0 Å². The molecule has 5 nitrogen and oxygen atoms in total. The van der Waals surface area contributed by atoms with Crippen LogP contribution in [-0.4, -0.2) is 35.1 Å². The van der Waals surface area contributed by atoms with Crippen LogP contribution in [0.2, 0.25) is 0 Å². The Morgan fingerprint density at radius 2 is 1.59 bits per heavy atom. The largest absolute Gasteiger partial charge is 0.493 e. The van der Waals surface area contributed by atoms with E-state index < -0.39 is 13.1 Å². The van der Waals surface area contributed by atoms with Gasteiger partial charge in [-0.15, -0.1) is 0 Å². The van der Waals surface area contributed by atoms with Crippen molar-refractivity contribution in [1.82, 2.24) is 0 Å². The van der Waals surface area contributed by atoms with Gasteiger partial charge in [0, 0.05) is 5.33 Å². The Morgan fingerprint density at radius 1 is 1.00 bits per heavy atom. The predicted octanol–water partition coefficient (Wildman–Crippen LogP) is 1.36. The second-order valence-corrected chi connectivity index (χ2v) is 5.19. The molecule has 2 aromatic carbocycles. The molecule has 0 saturated carbocycles. The fraction of sp³-hybridized carbons (Fsp3) is 0.133. The molecule has 0 bridgehead atoms. The molecular weight excluding hydrogens is 351 g/mol. The number of benzene rings is 2. The van der Waals surface area contributed by atoms with Crippen LogP contribution in [0.1, 0.15) is 10.4 Å². The molecule has 0 aliphatic rings. The quantitative estimate of drug-likeness (QED) is 0.350. The van der Waals surface area contributed by atoms with Crippen LogP contribution in [-0.2, 0) is 0 Å². The summed E-state index contributed by atoms with van der Waals surface area (Å²) in [5, 5.41) is 18.7. The molecular formula is C15H14BBrO5. The van der Waals surface area contributed by atoms with Crippen LogP contribution in [0.5, 0.6) is 11.5 Å². The molecule has 22 heavy (non-hydrogen) atoms. The number of carbonyl (C=O) groups is 1. The number of ether oxygens (including phenoxy) is 2. The molecule has 0 amide bonds. The Hall–Kier alpha value is -1.83. The molecule has 0 aliphatic carbocycles. The van der Waals surface area contributed by atoms with Crippen molar-refractivity contribution in [2.24, 2.45) is 0 Å². The zero-order chi connectivity index (χ0) is 15.9. The molecule has 0 atom stereocenters. The molecule has 7 heteroatoms. The first-order chi connectivity index (χ1) is 10.6. The van der Waals surface area contributed by atoms with Crippen molar-refractivity contribution >= 4 is 34.5 Å². The number of halogens is 1. The van der Waals surface area contributed by atoms with Crippen molar-refractivity contribution in [3.05, 3.63) is 54.1 Å². The Balaban J connectivity index is 1.99. The molecule has 0 radical (unpaired) electrons. The van der Waals surface area contributed by atoms with E-state index in [2.05, 4.69) is 15.9 Å². The minimum atomic E-state index is -1.54. The maximum absolute atomic E-state index is 12.0. The predicted molar refractivity (Wildman–Crippen MR) is 87.0 cm³/mol. The van der Waals surface area contributed by atoms with Crippen molar-refractivity contribution in [3.63, 3.8) is 0 Å². The Kier molecular flexibility index (Phi) is 6.00. The molecule has 0 aliphatic heterocycles. The SMILES string of the molecule is O=C(Oc1ccc(B(O)O)cc1)c1ccc(OCCBr)cc1. The van der Waals surface area contributed by atoms with E-state index in [4.69, 9.17) is 19.5 Å². The van der Waals surface area contributed by atoms with Gasteiger partial charge >= 0.3 is 13.1 Å². The first kappa shape index (κ1) is 16.5. The summed E-state index contributed by atoms with van der Waals surface area (Å²) >= 11 is 3.27. The standard InChI is InChI=1S/C15H14BBrO5/c17-9-10-21-13-5-1-11(2-6-13)15(18)22-14-7-3-12(4-8-14)16(19)20/h1-8,19-20H,9-10H2. The van der Waals surface area contributed by atoms with Crippen LogP contribution in [0.4, 0.5) is 0 Å². The summed E-state index contributed by atoms with van der Waals surface area (Å²) < 4.78 is 10.6. The number of rotatable bonds is 6. The number of carbonyl (C=O) groups excluding carboxylic acids is 1. The zero-order valence-corrected chi connectivity index (χ0v) is 13.2. The fourth-order valence-corrected chi connectivity index (χ4v) is 1.88. The number of hydrogen-bond acceptors (Lipinski definition) is 5. The first-order valence-electron chi connectivity index (χ1n) is 6.57. The van der Waals surface area contributed by atoms with E-state index in [0.717, 1.165) is 5.33 Å². The van der Waals surface area contributed by atoms with E-state index in [1.165, 1.54) is 24.3 Å². The van der Waals surface area contributed by atoms with Gasteiger partial charge in [-0.05, 0) is 41.9 Å². The van der Waals surface area contributed by atoms with Crippen molar-refractivity contribution in [3.8, 4) is 11.5 Å². The van der Waals surface area contributed by atoms with E-state index in [1.807, 2.05) is 0 Å². The number of esters is 1. The second-order valence-electron chi connectivity index (χ2n) is 4.39. The van der Waals surface area contributed by atoms with Gasteiger partial charge in [0.05, 0.1) is 12.2 Å². The van der Waals surface area contributed by atoms with Gasteiger partial charge in [-0.25, -0.2) is 4.79 Å². The van der Waals surface area contributed by atoms with Gasteiger partial charge in [-0.2, -0.15) is 0 Å². The maximum atomic E-state index is 12.0. The van der Waals surface area contributed by atoms with Crippen molar-refractivity contribution < 1.29 is 24.3 Å². The fourth-order valence-electron chi connectivity index (χ4n) is 1.72. The smallest absolute Gasteiger partial charge is 0.488 e. The Labute approximate surface area is 136 Å². The third kappa shape index (κ3) is 4.59. The highest BCUT2D eigenvalue weighted by molar-refractivity contribution is 9.09. The number of alkyl halides is 1. The van der Waals surface area contributed by atoms with E-state index in [0.29, 0.717) is 29.1 Å². The lowest BCUT2D eigenvalue weighted by atomic mass is 9.80. The lowest BCUT2D eigenvalue weighted by Gasteiger charge is -2.07. The molecule has 2 aromatic rings. The third-order valence-corrected chi connectivity index (χ3v) is 3.15. The van der Waals surface area contributed by atoms with Crippen LogP contribution in [0.3, 0.4) is 0 Å². The Bertz CT molecular complexity index is 613. The summed E-state index contributed by atoms with van der Waals surface area (Å²) in [6.07, 6.45) is 0. The summed E-state index contributed by atoms with van der Waals surface area (Å²) in [6.45, 7) is 0.548. The highest BCUT2D eigenvalue weighted by Crippen LogP contribution is 2.15. The van der Waals surface area contributed by atoms with E-state index in [-0.39, 0.29) is 0 Å². The summed E-state index contributed by atoms with van der Waals surface area (Å²) in [6, 6.07) is 12.6. The summed E-state index contributed by atoms with van der Waals surface area (Å²) in [5.41, 5.74) is 0.727. The van der Waals surface area contributed by atoms with Crippen LogP contribution in [0.25, 0.3) is 0 Å². The molecule has 0 unspecified atom stereocenters. The molecule has 2 rings (SSSR count). The molecule has 0 fully saturated rings. The second kappa shape index (κ2) is 7.98. The van der Waals surface area contributed by atoms with E-state index in [9.17, 15) is 4.79 Å². The van der Waals surface area contributed by atoms with Crippen molar-refractivity contribution in [2.75, 3.05) is 11.9 Å². The highest BCUT2D eigenvalue weighted by atomic mass is 79.9. The topological polar surface area (TPSA) is 76.0 Å². The van der Waals surface area contributed by atoms with E-state index in [1.54, 1.807) is 24.3 Å². The Morgan fingerprint density at radius 3 is 2.14 bits per heavy atom. The van der Waals surface area contributed by atoms with Crippen LogP contribution in [0.15, 0.2) is 48.5 Å². The average Bonchev–Trinajstić information content (AvgIpc) is 2.54. The van der Waals surface area contributed by atoms with Crippen molar-refractivity contribution in [1.29, 1.82) is 0 Å². The summed E-state index contributed by atoms with van der Waals surface area (Å²) in [4.78, 5) is 12.0. The molecule has 2 N–H and O–H groups in total.